The zero-order chi connectivity index (χ0) is 20.5. The van der Waals surface area contributed by atoms with Crippen molar-refractivity contribution in [2.75, 3.05) is 26.2 Å². The van der Waals surface area contributed by atoms with E-state index >= 15 is 0 Å². The number of nitrogens with zero attached hydrogens (tertiary/aromatic N) is 5. The molecule has 1 amide bonds. The second kappa shape index (κ2) is 8.46. The molecule has 3 aliphatic rings. The average Bonchev–Trinajstić information content (AvgIpc) is 2.80. The smallest absolute Gasteiger partial charge is 0.263 e. The third-order valence-corrected chi connectivity index (χ3v) is 7.12. The number of fused-ring (bicyclic) bond motifs is 2. The standard InChI is InChI=1S/C23H31N5O2/c29-21(27-12-8-18(9-13-27)26-10-4-1-5-11-26)15-28-16-24-22-19(23(28)30)14-17-6-2-3-7-20(17)25-22/h14,16,18H,1-13,15H2. The molecule has 7 heteroatoms. The molecule has 2 saturated heterocycles. The van der Waals surface area contributed by atoms with Gasteiger partial charge in [0, 0.05) is 24.8 Å². The highest BCUT2D eigenvalue weighted by molar-refractivity contribution is 5.78. The minimum atomic E-state index is -0.155. The number of rotatable bonds is 3. The van der Waals surface area contributed by atoms with Crippen LogP contribution >= 0.6 is 0 Å². The van der Waals surface area contributed by atoms with E-state index in [0.29, 0.717) is 17.1 Å². The summed E-state index contributed by atoms with van der Waals surface area (Å²) in [6.45, 7) is 4.03. The lowest BCUT2D eigenvalue weighted by molar-refractivity contribution is -0.133. The van der Waals surface area contributed by atoms with Crippen molar-refractivity contribution in [1.82, 2.24) is 24.3 Å². The second-order valence-corrected chi connectivity index (χ2v) is 9.06. The molecule has 160 valence electrons. The van der Waals surface area contributed by atoms with Crippen LogP contribution in [0.1, 0.15) is 56.2 Å². The molecule has 0 unspecified atom stereocenters. The predicted molar refractivity (Wildman–Crippen MR) is 115 cm³/mol. The van der Waals surface area contributed by atoms with Crippen molar-refractivity contribution in [2.24, 2.45) is 0 Å². The van der Waals surface area contributed by atoms with Gasteiger partial charge in [-0.1, -0.05) is 6.42 Å². The largest absolute Gasteiger partial charge is 0.341 e. The number of pyridine rings is 1. The van der Waals surface area contributed by atoms with E-state index in [1.165, 1.54) is 43.2 Å². The Morgan fingerprint density at radius 1 is 1.00 bits per heavy atom. The van der Waals surface area contributed by atoms with E-state index in [0.717, 1.165) is 62.9 Å². The van der Waals surface area contributed by atoms with Gasteiger partial charge in [-0.3, -0.25) is 14.2 Å². The number of carbonyl (C=O) groups excluding carboxylic acids is 1. The summed E-state index contributed by atoms with van der Waals surface area (Å²) in [5, 5.41) is 0.537. The second-order valence-electron chi connectivity index (χ2n) is 9.06. The molecule has 0 spiro atoms. The maximum absolute atomic E-state index is 13.0. The van der Waals surface area contributed by atoms with Gasteiger partial charge in [0.15, 0.2) is 5.65 Å². The molecule has 2 aromatic rings. The number of aryl methyl sites for hydroxylation is 2. The van der Waals surface area contributed by atoms with Crippen LogP contribution in [0.25, 0.3) is 11.0 Å². The van der Waals surface area contributed by atoms with E-state index in [4.69, 9.17) is 0 Å². The van der Waals surface area contributed by atoms with Crippen molar-refractivity contribution < 1.29 is 4.79 Å². The Labute approximate surface area is 177 Å². The van der Waals surface area contributed by atoms with Crippen molar-refractivity contribution in [1.29, 1.82) is 0 Å². The van der Waals surface area contributed by atoms with Gasteiger partial charge in [0.25, 0.3) is 5.56 Å². The first-order valence-corrected chi connectivity index (χ1v) is 11.6. The lowest BCUT2D eigenvalue weighted by atomic mass is 9.95. The summed E-state index contributed by atoms with van der Waals surface area (Å²) < 4.78 is 1.46. The molecular weight excluding hydrogens is 378 g/mol. The number of piperidine rings is 2. The number of aromatic nitrogens is 3. The van der Waals surface area contributed by atoms with Crippen LogP contribution < -0.4 is 5.56 Å². The van der Waals surface area contributed by atoms with Crippen molar-refractivity contribution in [2.45, 2.75) is 70.4 Å². The highest BCUT2D eigenvalue weighted by Gasteiger charge is 2.28. The summed E-state index contributed by atoms with van der Waals surface area (Å²) in [7, 11) is 0. The fourth-order valence-electron chi connectivity index (χ4n) is 5.33. The van der Waals surface area contributed by atoms with Crippen LogP contribution in [0.2, 0.25) is 0 Å². The molecule has 30 heavy (non-hydrogen) atoms. The van der Waals surface area contributed by atoms with Crippen LogP contribution in [0.4, 0.5) is 0 Å². The summed E-state index contributed by atoms with van der Waals surface area (Å²) in [6, 6.07) is 2.56. The number of likely N-dealkylation sites (tertiary alicyclic amines) is 2. The van der Waals surface area contributed by atoms with E-state index < -0.39 is 0 Å². The molecule has 4 heterocycles. The normalized spacial score (nSPS) is 21.0. The zero-order valence-electron chi connectivity index (χ0n) is 17.7. The van der Waals surface area contributed by atoms with E-state index in [-0.39, 0.29) is 18.0 Å². The molecule has 0 N–H and O–H groups in total. The number of hydrogen-bond donors (Lipinski definition) is 0. The van der Waals surface area contributed by atoms with E-state index in [2.05, 4.69) is 14.9 Å². The maximum Gasteiger partial charge on any atom is 0.263 e. The third-order valence-electron chi connectivity index (χ3n) is 7.12. The molecule has 1 aliphatic carbocycles. The Balaban J connectivity index is 1.27. The first-order chi connectivity index (χ1) is 14.7. The Kier molecular flexibility index (Phi) is 5.54. The Bertz CT molecular complexity index is 987. The Morgan fingerprint density at radius 3 is 2.57 bits per heavy atom. The van der Waals surface area contributed by atoms with Gasteiger partial charge in [0.05, 0.1) is 5.39 Å². The van der Waals surface area contributed by atoms with Crippen LogP contribution in [-0.2, 0) is 24.2 Å². The number of amides is 1. The van der Waals surface area contributed by atoms with Crippen molar-refractivity contribution in [3.63, 3.8) is 0 Å². The fourth-order valence-corrected chi connectivity index (χ4v) is 5.33. The van der Waals surface area contributed by atoms with Gasteiger partial charge in [-0.25, -0.2) is 9.97 Å². The molecule has 7 nitrogen and oxygen atoms in total. The van der Waals surface area contributed by atoms with Gasteiger partial charge in [0.2, 0.25) is 5.91 Å². The highest BCUT2D eigenvalue weighted by Crippen LogP contribution is 2.22. The van der Waals surface area contributed by atoms with Gasteiger partial charge < -0.3 is 9.80 Å². The molecule has 0 bridgehead atoms. The summed E-state index contributed by atoms with van der Waals surface area (Å²) in [5.41, 5.74) is 2.59. The minimum absolute atomic E-state index is 0.0151. The van der Waals surface area contributed by atoms with Crippen molar-refractivity contribution in [3.05, 3.63) is 34.0 Å². The topological polar surface area (TPSA) is 71.3 Å². The maximum atomic E-state index is 13.0. The highest BCUT2D eigenvalue weighted by atomic mass is 16.2. The van der Waals surface area contributed by atoms with E-state index in [1.54, 1.807) is 0 Å². The SMILES string of the molecule is O=C(Cn1cnc2nc3c(cc2c1=O)CCCC3)N1CCC(N2CCCCC2)CC1. The molecule has 2 aromatic heterocycles. The number of carbonyl (C=O) groups is 1. The summed E-state index contributed by atoms with van der Waals surface area (Å²) in [5.74, 6) is 0.0151. The third kappa shape index (κ3) is 3.87. The van der Waals surface area contributed by atoms with Crippen LogP contribution in [0.5, 0.6) is 0 Å². The molecule has 0 atom stereocenters. The monoisotopic (exact) mass is 409 g/mol. The first kappa shape index (κ1) is 19.7. The molecule has 2 fully saturated rings. The first-order valence-electron chi connectivity index (χ1n) is 11.6. The summed E-state index contributed by atoms with van der Waals surface area (Å²) >= 11 is 0. The molecule has 0 radical (unpaired) electrons. The molecule has 0 saturated carbocycles. The fraction of sp³-hybridized carbons (Fsp3) is 0.652. The van der Waals surface area contributed by atoms with Gasteiger partial charge in [-0.15, -0.1) is 0 Å². The number of hydrogen-bond acceptors (Lipinski definition) is 5. The molecule has 2 aliphatic heterocycles. The predicted octanol–water partition coefficient (Wildman–Crippen LogP) is 2.15. The zero-order valence-corrected chi connectivity index (χ0v) is 17.7. The Morgan fingerprint density at radius 2 is 1.77 bits per heavy atom. The average molecular weight is 410 g/mol. The van der Waals surface area contributed by atoms with Crippen LogP contribution in [0.3, 0.4) is 0 Å². The van der Waals surface area contributed by atoms with Gasteiger partial charge >= 0.3 is 0 Å². The lowest BCUT2D eigenvalue weighted by Gasteiger charge is -2.40. The summed E-state index contributed by atoms with van der Waals surface area (Å²) in [6.07, 6.45) is 11.7. The summed E-state index contributed by atoms with van der Waals surface area (Å²) in [4.78, 5) is 39.4. The molecular formula is C23H31N5O2. The quantitative estimate of drug-likeness (QED) is 0.777. The van der Waals surface area contributed by atoms with Gasteiger partial charge in [-0.2, -0.15) is 0 Å². The van der Waals surface area contributed by atoms with Crippen LogP contribution in [-0.4, -0.2) is 62.5 Å². The van der Waals surface area contributed by atoms with Crippen LogP contribution in [0, 0.1) is 0 Å². The van der Waals surface area contributed by atoms with E-state index in [9.17, 15) is 9.59 Å². The van der Waals surface area contributed by atoms with Gasteiger partial charge in [0.1, 0.15) is 12.9 Å². The van der Waals surface area contributed by atoms with Crippen LogP contribution in [0.15, 0.2) is 17.2 Å². The minimum Gasteiger partial charge on any atom is -0.341 e. The van der Waals surface area contributed by atoms with Crippen molar-refractivity contribution in [3.8, 4) is 0 Å². The van der Waals surface area contributed by atoms with Gasteiger partial charge in [-0.05, 0) is 76.1 Å². The van der Waals surface area contributed by atoms with Crippen molar-refractivity contribution >= 4 is 16.9 Å². The van der Waals surface area contributed by atoms with E-state index in [1.807, 2.05) is 11.0 Å². The Hall–Kier alpha value is -2.28. The molecule has 0 aromatic carbocycles. The molecule has 5 rings (SSSR count). The lowest BCUT2D eigenvalue weighted by Crippen LogP contribution is -2.49.